The Balaban J connectivity index is 2.29. The van der Waals surface area contributed by atoms with E-state index in [2.05, 4.69) is 34.9 Å². The molecule has 2 aromatic carbocycles. The minimum atomic E-state index is -0.386. The van der Waals surface area contributed by atoms with Gasteiger partial charge in [0.05, 0.1) is 11.1 Å². The zero-order valence-electron chi connectivity index (χ0n) is 11.6. The van der Waals surface area contributed by atoms with Gasteiger partial charge in [0.2, 0.25) is 0 Å². The van der Waals surface area contributed by atoms with Crippen LogP contribution in [0.4, 0.5) is 0 Å². The van der Waals surface area contributed by atoms with Crippen molar-refractivity contribution in [1.29, 1.82) is 0 Å². The second kappa shape index (κ2) is 5.53. The number of fused-ring (bicyclic) bond motifs is 1. The third-order valence-corrected chi connectivity index (χ3v) is 3.42. The smallest absolute Gasteiger partial charge is 0.409 e. The third kappa shape index (κ3) is 2.13. The van der Waals surface area contributed by atoms with Crippen molar-refractivity contribution in [3.63, 3.8) is 0 Å². The maximum atomic E-state index is 5.43. The van der Waals surface area contributed by atoms with Crippen LogP contribution in [0.15, 0.2) is 60.7 Å². The standard InChI is InChI=1S/C16H16BNO2/c1-19-17(20-2)16-12-13-8-6-7-11-15(13)18(16)14-9-4-3-5-10-14/h3-12H,1-2H3. The van der Waals surface area contributed by atoms with Gasteiger partial charge in [-0.1, -0.05) is 36.4 Å². The molecule has 3 aromatic rings. The van der Waals surface area contributed by atoms with E-state index in [4.69, 9.17) is 9.31 Å². The highest BCUT2D eigenvalue weighted by Crippen LogP contribution is 2.19. The van der Waals surface area contributed by atoms with Gasteiger partial charge in [0.15, 0.2) is 0 Å². The van der Waals surface area contributed by atoms with Gasteiger partial charge in [0.25, 0.3) is 0 Å². The Labute approximate surface area is 118 Å². The number of hydrogen-bond donors (Lipinski definition) is 0. The first kappa shape index (κ1) is 13.0. The molecular weight excluding hydrogens is 249 g/mol. The molecule has 0 fully saturated rings. The first-order valence-corrected chi connectivity index (χ1v) is 6.56. The Morgan fingerprint density at radius 3 is 2.20 bits per heavy atom. The van der Waals surface area contributed by atoms with E-state index < -0.39 is 0 Å². The lowest BCUT2D eigenvalue weighted by Gasteiger charge is -2.14. The SMILES string of the molecule is COB(OC)c1cc2ccccc2n1-c1ccccc1. The number of nitrogens with zero attached hydrogens (tertiary/aromatic N) is 1. The molecule has 0 aliphatic heterocycles. The summed E-state index contributed by atoms with van der Waals surface area (Å²) >= 11 is 0. The van der Waals surface area contributed by atoms with Crippen LogP contribution in [0, 0.1) is 0 Å². The maximum Gasteiger partial charge on any atom is 0.511 e. The minimum absolute atomic E-state index is 0.386. The molecule has 0 aliphatic rings. The fraction of sp³-hybridized carbons (Fsp3) is 0.125. The normalized spacial score (nSPS) is 10.9. The van der Waals surface area contributed by atoms with E-state index in [1.165, 1.54) is 5.39 Å². The monoisotopic (exact) mass is 265 g/mol. The summed E-state index contributed by atoms with van der Waals surface area (Å²) in [5.74, 6) is 0. The average molecular weight is 265 g/mol. The number of para-hydroxylation sites is 2. The Morgan fingerprint density at radius 2 is 1.50 bits per heavy atom. The van der Waals surface area contributed by atoms with Crippen LogP contribution >= 0.6 is 0 Å². The summed E-state index contributed by atoms with van der Waals surface area (Å²) in [6.45, 7) is 0. The molecule has 3 nitrogen and oxygen atoms in total. The van der Waals surface area contributed by atoms with Crippen LogP contribution in [-0.4, -0.2) is 25.9 Å². The van der Waals surface area contributed by atoms with Crippen molar-refractivity contribution < 1.29 is 9.31 Å². The lowest BCUT2D eigenvalue weighted by molar-refractivity contribution is 0.290. The van der Waals surface area contributed by atoms with Crippen molar-refractivity contribution in [3.05, 3.63) is 60.7 Å². The Kier molecular flexibility index (Phi) is 3.59. The van der Waals surface area contributed by atoms with E-state index in [0.29, 0.717) is 0 Å². The fourth-order valence-corrected chi connectivity index (χ4v) is 2.55. The summed E-state index contributed by atoms with van der Waals surface area (Å²) in [5, 5.41) is 1.17. The van der Waals surface area contributed by atoms with Gasteiger partial charge in [-0.25, -0.2) is 0 Å². The zero-order chi connectivity index (χ0) is 13.9. The second-order valence-electron chi connectivity index (χ2n) is 4.60. The highest BCUT2D eigenvalue weighted by Gasteiger charge is 2.24. The van der Waals surface area contributed by atoms with Crippen molar-refractivity contribution >= 4 is 23.6 Å². The molecule has 0 saturated heterocycles. The van der Waals surface area contributed by atoms with E-state index in [1.54, 1.807) is 14.2 Å². The molecule has 0 N–H and O–H groups in total. The maximum absolute atomic E-state index is 5.43. The van der Waals surface area contributed by atoms with E-state index in [9.17, 15) is 0 Å². The molecular formula is C16H16BNO2. The Hall–Kier alpha value is -2.04. The molecule has 100 valence electrons. The van der Waals surface area contributed by atoms with Crippen LogP contribution in [0.1, 0.15) is 0 Å². The van der Waals surface area contributed by atoms with Gasteiger partial charge in [-0.3, -0.25) is 0 Å². The van der Waals surface area contributed by atoms with Gasteiger partial charge in [-0.15, -0.1) is 0 Å². The Morgan fingerprint density at radius 1 is 0.850 bits per heavy atom. The summed E-state index contributed by atoms with van der Waals surface area (Å²) in [5.41, 5.74) is 3.23. The lowest BCUT2D eigenvalue weighted by Crippen LogP contribution is -2.39. The Bertz CT molecular complexity index is 705. The molecule has 0 spiro atoms. The molecule has 0 bridgehead atoms. The van der Waals surface area contributed by atoms with Gasteiger partial charge in [0.1, 0.15) is 0 Å². The summed E-state index contributed by atoms with van der Waals surface area (Å²) in [6, 6.07) is 20.6. The first-order chi connectivity index (χ1) is 9.85. The minimum Gasteiger partial charge on any atom is -0.409 e. The molecule has 0 radical (unpaired) electrons. The van der Waals surface area contributed by atoms with Crippen molar-refractivity contribution in [2.45, 2.75) is 0 Å². The van der Waals surface area contributed by atoms with Crippen molar-refractivity contribution in [2.24, 2.45) is 0 Å². The van der Waals surface area contributed by atoms with Crippen LogP contribution in [0.5, 0.6) is 0 Å². The van der Waals surface area contributed by atoms with Crippen LogP contribution in [-0.2, 0) is 9.31 Å². The van der Waals surface area contributed by atoms with E-state index in [0.717, 1.165) is 16.8 Å². The molecule has 4 heteroatoms. The number of rotatable bonds is 4. The van der Waals surface area contributed by atoms with Gasteiger partial charge < -0.3 is 13.9 Å². The van der Waals surface area contributed by atoms with E-state index >= 15 is 0 Å². The molecule has 3 rings (SSSR count). The predicted molar refractivity (Wildman–Crippen MR) is 82.7 cm³/mol. The number of hydrogen-bond acceptors (Lipinski definition) is 2. The average Bonchev–Trinajstić information content (AvgIpc) is 2.88. The molecule has 0 saturated carbocycles. The van der Waals surface area contributed by atoms with Crippen LogP contribution in [0.2, 0.25) is 0 Å². The van der Waals surface area contributed by atoms with Gasteiger partial charge in [-0.05, 0) is 29.7 Å². The fourth-order valence-electron chi connectivity index (χ4n) is 2.55. The third-order valence-electron chi connectivity index (χ3n) is 3.42. The van der Waals surface area contributed by atoms with Crippen molar-refractivity contribution in [3.8, 4) is 5.69 Å². The largest absolute Gasteiger partial charge is 0.511 e. The highest BCUT2D eigenvalue weighted by molar-refractivity contribution is 6.61. The van der Waals surface area contributed by atoms with Gasteiger partial charge in [0, 0.05) is 19.9 Å². The summed E-state index contributed by atoms with van der Waals surface area (Å²) in [6.07, 6.45) is 0. The molecule has 0 amide bonds. The van der Waals surface area contributed by atoms with Crippen LogP contribution < -0.4 is 5.59 Å². The zero-order valence-corrected chi connectivity index (χ0v) is 11.6. The molecule has 1 heterocycles. The van der Waals surface area contributed by atoms with Gasteiger partial charge >= 0.3 is 7.12 Å². The molecule has 20 heavy (non-hydrogen) atoms. The summed E-state index contributed by atoms with van der Waals surface area (Å²) in [7, 11) is 2.92. The van der Waals surface area contributed by atoms with Crippen LogP contribution in [0.3, 0.4) is 0 Å². The summed E-state index contributed by atoms with van der Waals surface area (Å²) < 4.78 is 13.0. The first-order valence-electron chi connectivity index (χ1n) is 6.56. The second-order valence-corrected chi connectivity index (χ2v) is 4.60. The highest BCUT2D eigenvalue weighted by atomic mass is 16.6. The molecule has 0 unspecified atom stereocenters. The molecule has 0 aliphatic carbocycles. The predicted octanol–water partition coefficient (Wildman–Crippen LogP) is 2.62. The topological polar surface area (TPSA) is 23.4 Å². The molecule has 0 atom stereocenters. The van der Waals surface area contributed by atoms with Gasteiger partial charge in [-0.2, -0.15) is 0 Å². The quantitative estimate of drug-likeness (QED) is 0.677. The van der Waals surface area contributed by atoms with E-state index in [-0.39, 0.29) is 7.12 Å². The number of aromatic nitrogens is 1. The van der Waals surface area contributed by atoms with Crippen molar-refractivity contribution in [1.82, 2.24) is 4.57 Å². The molecule has 1 aromatic heterocycles. The summed E-state index contributed by atoms with van der Waals surface area (Å²) in [4.78, 5) is 0. The van der Waals surface area contributed by atoms with Crippen LogP contribution in [0.25, 0.3) is 16.6 Å². The number of benzene rings is 2. The lowest BCUT2D eigenvalue weighted by atomic mass is 9.84. The van der Waals surface area contributed by atoms with Crippen molar-refractivity contribution in [2.75, 3.05) is 14.2 Å². The van der Waals surface area contributed by atoms with E-state index in [1.807, 2.05) is 30.3 Å².